The van der Waals surface area contributed by atoms with Crippen molar-refractivity contribution in [2.45, 2.75) is 110 Å². The molecule has 4 fully saturated rings. The van der Waals surface area contributed by atoms with Gasteiger partial charge in [-0.3, -0.25) is 24.5 Å². The molecule has 0 aliphatic heterocycles. The first-order chi connectivity index (χ1) is 27.9. The Balaban J connectivity index is 0.977. The van der Waals surface area contributed by atoms with E-state index in [4.69, 9.17) is 19.6 Å². The molecule has 4 aliphatic rings. The Labute approximate surface area is 338 Å². The van der Waals surface area contributed by atoms with E-state index in [-0.39, 0.29) is 45.2 Å². The van der Waals surface area contributed by atoms with E-state index in [1.54, 1.807) is 0 Å². The molecule has 1 aromatic heterocycles. The van der Waals surface area contributed by atoms with Gasteiger partial charge in [-0.2, -0.15) is 0 Å². The zero-order valence-corrected chi connectivity index (χ0v) is 33.9. The number of carbonyl (C=O) groups excluding carboxylic acids is 2. The van der Waals surface area contributed by atoms with Crippen molar-refractivity contribution in [2.75, 3.05) is 44.8 Å². The summed E-state index contributed by atoms with van der Waals surface area (Å²) in [5.74, 6) is 1.98. The minimum Gasteiger partial charge on any atom is -0.481 e. The second-order valence-corrected chi connectivity index (χ2v) is 17.6. The zero-order valence-electron chi connectivity index (χ0n) is 33.9. The molecule has 18 heteroatoms. The molecule has 58 heavy (non-hydrogen) atoms. The predicted octanol–water partition coefficient (Wildman–Crippen LogP) is 6.41. The predicted molar refractivity (Wildman–Crippen MR) is 212 cm³/mol. The first kappa shape index (κ1) is 43.0. The Morgan fingerprint density at radius 2 is 1.78 bits per heavy atom. The SMILES string of the molecule is CC(CCC(=O)NCCOCCOCCN=[N+]=[N-])C1CCC2C3CC[C@@H]4C[C@H](NC(=O)[C@H](CC(=O)O)Nc5ccc([N+](=O)[O-])c6nonc56)CC[C@]4(C)C3CC[C@]12C. The summed E-state index contributed by atoms with van der Waals surface area (Å²) in [5.41, 5.74) is 8.62. The maximum absolute atomic E-state index is 13.7. The third-order valence-corrected chi connectivity index (χ3v) is 14.6. The summed E-state index contributed by atoms with van der Waals surface area (Å²) in [4.78, 5) is 51.7. The molecule has 5 unspecified atom stereocenters. The number of carboxylic acid groups (broad SMARTS) is 1. The van der Waals surface area contributed by atoms with E-state index in [9.17, 15) is 29.6 Å². The Morgan fingerprint density at radius 3 is 2.53 bits per heavy atom. The molecule has 318 valence electrons. The largest absolute Gasteiger partial charge is 0.481 e. The van der Waals surface area contributed by atoms with Crippen LogP contribution in [-0.4, -0.2) is 89.7 Å². The molecule has 10 atom stereocenters. The van der Waals surface area contributed by atoms with Crippen molar-refractivity contribution in [2.24, 2.45) is 51.5 Å². The number of nitro benzene ring substituents is 1. The number of rotatable bonds is 20. The van der Waals surface area contributed by atoms with E-state index in [2.05, 4.69) is 57.1 Å². The fraction of sp³-hybridized carbons (Fsp3) is 0.775. The Morgan fingerprint density at radius 1 is 1.03 bits per heavy atom. The lowest BCUT2D eigenvalue weighted by molar-refractivity contribution is -0.383. The summed E-state index contributed by atoms with van der Waals surface area (Å²) in [5, 5.41) is 41.0. The zero-order chi connectivity index (χ0) is 41.5. The van der Waals surface area contributed by atoms with Crippen LogP contribution in [0.5, 0.6) is 0 Å². The minimum atomic E-state index is -1.16. The molecule has 0 spiro atoms. The van der Waals surface area contributed by atoms with Gasteiger partial charge in [0.2, 0.25) is 17.3 Å². The second kappa shape index (κ2) is 19.0. The lowest BCUT2D eigenvalue weighted by Gasteiger charge is -2.61. The smallest absolute Gasteiger partial charge is 0.305 e. The molecule has 1 aromatic carbocycles. The van der Waals surface area contributed by atoms with Gasteiger partial charge in [0.25, 0.3) is 0 Å². The molecule has 4 aliphatic carbocycles. The van der Waals surface area contributed by atoms with E-state index < -0.39 is 29.3 Å². The van der Waals surface area contributed by atoms with Crippen LogP contribution in [0.4, 0.5) is 11.4 Å². The monoisotopic (exact) mass is 809 g/mol. The summed E-state index contributed by atoms with van der Waals surface area (Å²) in [6.07, 6.45) is 10.7. The number of carboxylic acids is 1. The number of hydrogen-bond acceptors (Lipinski definition) is 12. The van der Waals surface area contributed by atoms with Gasteiger partial charge in [0, 0.05) is 36.5 Å². The van der Waals surface area contributed by atoms with Gasteiger partial charge >= 0.3 is 11.7 Å². The minimum absolute atomic E-state index is 0.0518. The van der Waals surface area contributed by atoms with E-state index >= 15 is 0 Å². The van der Waals surface area contributed by atoms with Crippen molar-refractivity contribution in [1.82, 2.24) is 20.9 Å². The van der Waals surface area contributed by atoms with Crippen LogP contribution >= 0.6 is 0 Å². The lowest BCUT2D eigenvalue weighted by atomic mass is 9.44. The first-order valence-electron chi connectivity index (χ1n) is 21.0. The van der Waals surface area contributed by atoms with Crippen LogP contribution < -0.4 is 16.0 Å². The van der Waals surface area contributed by atoms with Gasteiger partial charge in [-0.15, -0.1) is 0 Å². The second-order valence-electron chi connectivity index (χ2n) is 17.6. The van der Waals surface area contributed by atoms with E-state index in [0.29, 0.717) is 81.4 Å². The lowest BCUT2D eigenvalue weighted by Crippen LogP contribution is -2.56. The van der Waals surface area contributed by atoms with Crippen molar-refractivity contribution in [3.05, 3.63) is 32.7 Å². The highest BCUT2D eigenvalue weighted by Crippen LogP contribution is 2.68. The number of aliphatic carboxylic acids is 1. The normalized spacial score (nSPS) is 29.8. The molecule has 0 bridgehead atoms. The average Bonchev–Trinajstić information content (AvgIpc) is 3.83. The van der Waals surface area contributed by atoms with Crippen LogP contribution in [0.25, 0.3) is 21.5 Å². The van der Waals surface area contributed by atoms with Gasteiger partial charge < -0.3 is 30.5 Å². The molecule has 2 aromatic rings. The third-order valence-electron chi connectivity index (χ3n) is 14.6. The highest BCUT2D eigenvalue weighted by atomic mass is 16.6. The molecule has 4 saturated carbocycles. The number of carbonyl (C=O) groups is 3. The quantitative estimate of drug-likeness (QED) is 0.0283. The fourth-order valence-electron chi connectivity index (χ4n) is 11.7. The third kappa shape index (κ3) is 9.50. The highest BCUT2D eigenvalue weighted by Gasteiger charge is 2.60. The van der Waals surface area contributed by atoms with Crippen molar-refractivity contribution in [3.8, 4) is 0 Å². The Kier molecular flexibility index (Phi) is 14.1. The van der Waals surface area contributed by atoms with Gasteiger partial charge in [0.1, 0.15) is 6.04 Å². The summed E-state index contributed by atoms with van der Waals surface area (Å²) in [6, 6.07) is 1.40. The summed E-state index contributed by atoms with van der Waals surface area (Å²) < 4.78 is 15.6. The number of non-ortho nitro benzene ring substituents is 1. The number of hydrogen-bond donors (Lipinski definition) is 4. The van der Waals surface area contributed by atoms with E-state index in [1.807, 2.05) is 0 Å². The topological polar surface area (TPSA) is 257 Å². The van der Waals surface area contributed by atoms with Gasteiger partial charge in [-0.1, -0.05) is 25.9 Å². The number of nitrogens with zero attached hydrogens (tertiary/aromatic N) is 6. The fourth-order valence-corrected chi connectivity index (χ4v) is 11.7. The van der Waals surface area contributed by atoms with Crippen LogP contribution in [0.2, 0.25) is 0 Å². The van der Waals surface area contributed by atoms with Crippen molar-refractivity contribution < 1.29 is 38.5 Å². The maximum Gasteiger partial charge on any atom is 0.305 e. The summed E-state index contributed by atoms with van der Waals surface area (Å²) >= 11 is 0. The van der Waals surface area contributed by atoms with Crippen molar-refractivity contribution >= 4 is 40.2 Å². The summed E-state index contributed by atoms with van der Waals surface area (Å²) in [6.45, 7) is 9.72. The number of azide groups is 1. The molecule has 18 nitrogen and oxygen atoms in total. The summed E-state index contributed by atoms with van der Waals surface area (Å²) in [7, 11) is 0. The van der Waals surface area contributed by atoms with Gasteiger partial charge in [0.15, 0.2) is 5.52 Å². The number of amides is 2. The molecular formula is C40H59N9O9. The van der Waals surface area contributed by atoms with Gasteiger partial charge in [-0.05, 0) is 132 Å². The number of aromatic nitrogens is 2. The standard InChI is InChI=1S/C40H59N9O9/c1-24(4-11-34(50)42-16-18-56-20-21-57-19-17-43-48-41)28-7-8-29-27-6-5-25-22-26(12-14-39(25,2)30(27)13-15-40(28,29)3)44-38(53)32(23-35(51)52)45-31-9-10-33(49(54)55)37-36(31)46-58-47-37/h9-10,24-30,32,45H,4-8,11-23H2,1-3H3,(H,42,50)(H,44,53)(H,51,52)/t24?,25-,26-,27?,28?,29?,30?,32+,39+,40-/m1/s1. The average molecular weight is 810 g/mol. The Hall–Kier alpha value is -4.54. The molecule has 6 rings (SSSR count). The first-order valence-corrected chi connectivity index (χ1v) is 21.0. The number of fused-ring (bicyclic) bond motifs is 6. The van der Waals surface area contributed by atoms with Crippen LogP contribution in [0.15, 0.2) is 21.9 Å². The van der Waals surface area contributed by atoms with Crippen LogP contribution in [0.1, 0.15) is 97.8 Å². The molecule has 0 saturated heterocycles. The molecule has 4 N–H and O–H groups in total. The van der Waals surface area contributed by atoms with Crippen LogP contribution in [0, 0.1) is 56.5 Å². The van der Waals surface area contributed by atoms with Crippen LogP contribution in [0.3, 0.4) is 0 Å². The number of nitrogens with one attached hydrogen (secondary N) is 3. The highest BCUT2D eigenvalue weighted by molar-refractivity contribution is 5.96. The van der Waals surface area contributed by atoms with Crippen molar-refractivity contribution in [1.29, 1.82) is 0 Å². The maximum atomic E-state index is 13.7. The number of anilines is 1. The Bertz CT molecular complexity index is 1840. The van der Waals surface area contributed by atoms with Crippen molar-refractivity contribution in [3.63, 3.8) is 0 Å². The van der Waals surface area contributed by atoms with Crippen LogP contribution in [-0.2, 0) is 23.9 Å². The van der Waals surface area contributed by atoms with Gasteiger partial charge in [0.05, 0.1) is 43.5 Å². The number of ether oxygens (including phenoxy) is 2. The molecule has 1 heterocycles. The molecular weight excluding hydrogens is 750 g/mol. The number of nitro groups is 1. The molecule has 0 radical (unpaired) electrons. The molecule has 2 amide bonds. The van der Waals surface area contributed by atoms with E-state index in [1.165, 1.54) is 44.2 Å². The van der Waals surface area contributed by atoms with Gasteiger partial charge in [-0.25, -0.2) is 4.63 Å². The van der Waals surface area contributed by atoms with E-state index in [0.717, 1.165) is 32.1 Å². The number of benzene rings is 1.